The summed E-state index contributed by atoms with van der Waals surface area (Å²) in [4.78, 5) is 13.4. The smallest absolute Gasteiger partial charge is 0.258 e. The first-order valence-corrected chi connectivity index (χ1v) is 11.6. The molecule has 0 aliphatic carbocycles. The van der Waals surface area contributed by atoms with Gasteiger partial charge in [0.05, 0.1) is 11.1 Å². The highest BCUT2D eigenvalue weighted by Gasteiger charge is 2.37. The molecule has 1 N–H and O–H groups in total. The molecular formula is C21H12ClF6N5S2. The number of halogens is 7. The fraction of sp³-hybridized carbons (Fsp3) is 0.143. The third-order valence-corrected chi connectivity index (χ3v) is 6.25. The van der Waals surface area contributed by atoms with Crippen LogP contribution in [0.4, 0.5) is 26.3 Å². The molecule has 0 radical (unpaired) electrons. The Hall–Kier alpha value is -2.77. The Morgan fingerprint density at radius 3 is 2.00 bits per heavy atom. The van der Waals surface area contributed by atoms with E-state index in [4.69, 9.17) is 11.6 Å². The van der Waals surface area contributed by atoms with Crippen molar-refractivity contribution in [1.29, 1.82) is 0 Å². The second-order valence-corrected chi connectivity index (χ2v) is 9.51. The van der Waals surface area contributed by atoms with Crippen LogP contribution < -0.4 is 0 Å². The highest BCUT2D eigenvalue weighted by Crippen LogP contribution is 2.38. The number of rotatable bonds is 5. The summed E-state index contributed by atoms with van der Waals surface area (Å²) in [5.74, 6) is -0.265. The van der Waals surface area contributed by atoms with Crippen LogP contribution in [-0.2, 0) is 12.4 Å². The number of hydrogen-bond donors (Lipinski definition) is 1. The molecule has 0 unspecified atom stereocenters. The van der Waals surface area contributed by atoms with Gasteiger partial charge in [-0.1, -0.05) is 29.3 Å². The molecule has 4 rings (SSSR count). The van der Waals surface area contributed by atoms with Crippen LogP contribution in [0.25, 0.3) is 11.4 Å². The Labute approximate surface area is 207 Å². The lowest BCUT2D eigenvalue weighted by Gasteiger charge is -2.13. The maximum atomic E-state index is 13.1. The number of hydrogen-bond acceptors (Lipinski definition) is 6. The molecule has 0 spiro atoms. The van der Waals surface area contributed by atoms with Crippen LogP contribution in [0, 0.1) is 6.92 Å². The van der Waals surface area contributed by atoms with Gasteiger partial charge in [-0.25, -0.2) is 15.0 Å². The number of aryl methyl sites for hydroxylation is 1. The fourth-order valence-electron chi connectivity index (χ4n) is 2.79. The zero-order valence-corrected chi connectivity index (χ0v) is 19.8. The van der Waals surface area contributed by atoms with Crippen molar-refractivity contribution in [3.8, 4) is 11.4 Å². The summed E-state index contributed by atoms with van der Waals surface area (Å²) in [6, 6.07) is 10.3. The van der Waals surface area contributed by atoms with Gasteiger partial charge in [0.1, 0.15) is 10.2 Å². The van der Waals surface area contributed by atoms with Crippen molar-refractivity contribution in [3.05, 3.63) is 70.4 Å². The maximum absolute atomic E-state index is 13.1. The van der Waals surface area contributed by atoms with E-state index >= 15 is 0 Å². The van der Waals surface area contributed by atoms with Crippen molar-refractivity contribution >= 4 is 35.1 Å². The minimum atomic E-state index is -4.98. The summed E-state index contributed by atoms with van der Waals surface area (Å²) >= 11 is 8.27. The maximum Gasteiger partial charge on any atom is 0.416 e. The Bertz CT molecular complexity index is 1320. The van der Waals surface area contributed by atoms with Gasteiger partial charge in [-0.2, -0.15) is 26.3 Å². The van der Waals surface area contributed by atoms with Gasteiger partial charge >= 0.3 is 12.4 Å². The van der Waals surface area contributed by atoms with E-state index in [0.717, 1.165) is 22.2 Å². The van der Waals surface area contributed by atoms with Crippen LogP contribution in [0.3, 0.4) is 0 Å². The molecule has 14 heteroatoms. The Kier molecular flexibility index (Phi) is 7.02. The average Bonchev–Trinajstić information content (AvgIpc) is 3.22. The summed E-state index contributed by atoms with van der Waals surface area (Å²) in [6.45, 7) is 1.95. The topological polar surface area (TPSA) is 67.3 Å². The van der Waals surface area contributed by atoms with Crippen LogP contribution in [0.15, 0.2) is 68.8 Å². The number of nitrogens with zero attached hydrogens (tertiary/aromatic N) is 4. The number of aromatic nitrogens is 5. The van der Waals surface area contributed by atoms with Crippen molar-refractivity contribution in [2.45, 2.75) is 39.5 Å². The van der Waals surface area contributed by atoms with Crippen LogP contribution in [0.2, 0.25) is 5.15 Å². The Balaban J connectivity index is 1.60. The first-order valence-electron chi connectivity index (χ1n) is 9.56. The van der Waals surface area contributed by atoms with Gasteiger partial charge in [0.2, 0.25) is 5.16 Å². The van der Waals surface area contributed by atoms with E-state index < -0.39 is 29.0 Å². The fourth-order valence-corrected chi connectivity index (χ4v) is 4.64. The molecular weight excluding hydrogens is 536 g/mol. The van der Waals surface area contributed by atoms with Gasteiger partial charge in [-0.15, -0.1) is 5.10 Å². The van der Waals surface area contributed by atoms with Crippen LogP contribution >= 0.6 is 35.1 Å². The van der Waals surface area contributed by atoms with Crippen molar-refractivity contribution in [2.24, 2.45) is 0 Å². The SMILES string of the molecule is Cc1ccc(Sc2nc(Cl)cc(Sc3n[nH]c(-c4cc(C(F)(F)F)cc(C(F)(F)F)c4)n3)n2)cc1. The summed E-state index contributed by atoms with van der Waals surface area (Å²) in [7, 11) is 0. The predicted octanol–water partition coefficient (Wildman–Crippen LogP) is 7.56. The molecule has 4 aromatic rings. The number of aromatic amines is 1. The van der Waals surface area contributed by atoms with Crippen molar-refractivity contribution in [3.63, 3.8) is 0 Å². The van der Waals surface area contributed by atoms with Gasteiger partial charge < -0.3 is 0 Å². The molecule has 0 saturated heterocycles. The molecule has 0 fully saturated rings. The molecule has 0 atom stereocenters. The molecule has 0 saturated carbocycles. The number of H-pyrrole nitrogens is 1. The van der Waals surface area contributed by atoms with E-state index in [1.165, 1.54) is 17.8 Å². The summed E-state index contributed by atoms with van der Waals surface area (Å²) in [5, 5.41) is 7.09. The highest BCUT2D eigenvalue weighted by atomic mass is 35.5. The zero-order valence-electron chi connectivity index (χ0n) is 17.4. The first kappa shape index (κ1) is 25.3. The van der Waals surface area contributed by atoms with Gasteiger partial charge in [0, 0.05) is 16.5 Å². The number of nitrogens with one attached hydrogen (secondary N) is 1. The zero-order chi connectivity index (χ0) is 25.4. The van der Waals surface area contributed by atoms with Crippen molar-refractivity contribution in [1.82, 2.24) is 25.1 Å². The summed E-state index contributed by atoms with van der Waals surface area (Å²) < 4.78 is 78.9. The van der Waals surface area contributed by atoms with Crippen LogP contribution in [-0.4, -0.2) is 25.1 Å². The molecule has 0 aliphatic rings. The largest absolute Gasteiger partial charge is 0.416 e. The van der Waals surface area contributed by atoms with Gasteiger partial charge in [-0.3, -0.25) is 5.10 Å². The Morgan fingerprint density at radius 2 is 1.40 bits per heavy atom. The summed E-state index contributed by atoms with van der Waals surface area (Å²) in [6.07, 6.45) is -9.95. The molecule has 2 aromatic carbocycles. The normalized spacial score (nSPS) is 12.2. The molecule has 5 nitrogen and oxygen atoms in total. The van der Waals surface area contributed by atoms with E-state index in [0.29, 0.717) is 22.3 Å². The van der Waals surface area contributed by atoms with E-state index in [-0.39, 0.29) is 22.2 Å². The highest BCUT2D eigenvalue weighted by molar-refractivity contribution is 7.99. The molecule has 0 bridgehead atoms. The standard InChI is InChI=1S/C21H12ClF6N5S2/c1-10-2-4-14(5-3-10)34-18-29-15(22)9-16(30-18)35-19-31-17(32-33-19)11-6-12(20(23,24)25)8-13(7-11)21(26,27)28/h2-9H,1H3,(H,31,32,33). The Morgan fingerprint density at radius 1 is 0.771 bits per heavy atom. The van der Waals surface area contributed by atoms with E-state index in [9.17, 15) is 26.3 Å². The molecule has 35 heavy (non-hydrogen) atoms. The molecule has 0 aliphatic heterocycles. The van der Waals surface area contributed by atoms with E-state index in [1.807, 2.05) is 31.2 Å². The van der Waals surface area contributed by atoms with Crippen LogP contribution in [0.5, 0.6) is 0 Å². The lowest BCUT2D eigenvalue weighted by Crippen LogP contribution is -2.11. The second kappa shape index (κ2) is 9.70. The molecule has 182 valence electrons. The molecule has 2 aromatic heterocycles. The van der Waals surface area contributed by atoms with Gasteiger partial charge in [0.15, 0.2) is 11.0 Å². The molecule has 0 amide bonds. The lowest BCUT2D eigenvalue weighted by molar-refractivity contribution is -0.143. The third-order valence-electron chi connectivity index (χ3n) is 4.40. The number of benzene rings is 2. The first-order chi connectivity index (χ1) is 16.4. The minimum Gasteiger partial charge on any atom is -0.258 e. The average molecular weight is 548 g/mol. The predicted molar refractivity (Wildman–Crippen MR) is 118 cm³/mol. The minimum absolute atomic E-state index is 0.0204. The van der Waals surface area contributed by atoms with Gasteiger partial charge in [-0.05, 0) is 60.8 Å². The quantitative estimate of drug-likeness (QED) is 0.158. The lowest BCUT2D eigenvalue weighted by atomic mass is 10.0. The van der Waals surface area contributed by atoms with Crippen molar-refractivity contribution in [2.75, 3.05) is 0 Å². The van der Waals surface area contributed by atoms with Crippen LogP contribution in [0.1, 0.15) is 16.7 Å². The van der Waals surface area contributed by atoms with Crippen molar-refractivity contribution < 1.29 is 26.3 Å². The second-order valence-electron chi connectivity index (χ2n) is 7.09. The monoisotopic (exact) mass is 547 g/mol. The number of alkyl halides is 6. The van der Waals surface area contributed by atoms with Gasteiger partial charge in [0.25, 0.3) is 0 Å². The van der Waals surface area contributed by atoms with E-state index in [1.54, 1.807) is 0 Å². The molecule has 2 heterocycles. The summed E-state index contributed by atoms with van der Waals surface area (Å²) in [5.41, 5.74) is -2.23. The third kappa shape index (κ3) is 6.47. The van der Waals surface area contributed by atoms with E-state index in [2.05, 4.69) is 25.1 Å².